The first-order valence-corrected chi connectivity index (χ1v) is 3.85. The molecule has 5 N–H and O–H groups in total. The van der Waals surface area contributed by atoms with Crippen LogP contribution in [0, 0.1) is 0 Å². The number of carbonyl (C=O) groups excluding carboxylic acids is 1. The van der Waals surface area contributed by atoms with Gasteiger partial charge in [0.1, 0.15) is 12.2 Å². The summed E-state index contributed by atoms with van der Waals surface area (Å²) in [4.78, 5) is 10.8. The fourth-order valence-electron chi connectivity index (χ4n) is 0.775. The topological polar surface area (TPSA) is 110 Å². The second-order valence-electron chi connectivity index (χ2n) is 2.78. The summed E-state index contributed by atoms with van der Waals surface area (Å²) >= 11 is 0. The zero-order valence-corrected chi connectivity index (χ0v) is 7.51. The van der Waals surface area contributed by atoms with Crippen LogP contribution < -0.4 is 5.32 Å². The lowest BCUT2D eigenvalue weighted by Gasteiger charge is -2.23. The summed E-state index contributed by atoms with van der Waals surface area (Å²) in [5.74, 6) is -0.813. The zero-order valence-electron chi connectivity index (χ0n) is 7.51. The van der Waals surface area contributed by atoms with Crippen molar-refractivity contribution in [1.82, 2.24) is 5.32 Å². The van der Waals surface area contributed by atoms with E-state index in [9.17, 15) is 4.79 Å². The highest BCUT2D eigenvalue weighted by Crippen LogP contribution is 2.04. The van der Waals surface area contributed by atoms with E-state index in [0.29, 0.717) is 0 Å². The molecule has 1 amide bonds. The summed E-state index contributed by atoms with van der Waals surface area (Å²) in [6.07, 6.45) is -6.20. The molecule has 6 heteroatoms. The van der Waals surface area contributed by atoms with Crippen molar-refractivity contribution in [3.8, 4) is 0 Å². The Kier molecular flexibility index (Phi) is 4.86. The Morgan fingerprint density at radius 2 is 1.62 bits per heavy atom. The smallest absolute Gasteiger partial charge is 0.251 e. The molecule has 0 bridgehead atoms. The van der Waals surface area contributed by atoms with Crippen LogP contribution in [0.25, 0.3) is 0 Å². The van der Waals surface area contributed by atoms with Gasteiger partial charge in [-0.1, -0.05) is 0 Å². The Balaban J connectivity index is 4.24. The summed E-state index contributed by atoms with van der Waals surface area (Å²) in [5, 5.41) is 38.2. The van der Waals surface area contributed by atoms with Gasteiger partial charge in [-0.15, -0.1) is 0 Å². The molecule has 0 aliphatic heterocycles. The molecule has 4 atom stereocenters. The quantitative estimate of drug-likeness (QED) is 0.331. The molecule has 0 aromatic heterocycles. The molecule has 0 heterocycles. The monoisotopic (exact) mass is 193 g/mol. The van der Waals surface area contributed by atoms with Crippen LogP contribution in [0.2, 0.25) is 0 Å². The number of aliphatic hydroxyl groups is 4. The van der Waals surface area contributed by atoms with Gasteiger partial charge in [-0.2, -0.15) is 0 Å². The maximum Gasteiger partial charge on any atom is 0.251 e. The van der Waals surface area contributed by atoms with E-state index in [1.165, 1.54) is 14.0 Å². The molecule has 0 rings (SSSR count). The van der Waals surface area contributed by atoms with Crippen molar-refractivity contribution < 1.29 is 25.2 Å². The maximum absolute atomic E-state index is 10.8. The van der Waals surface area contributed by atoms with Crippen molar-refractivity contribution in [1.29, 1.82) is 0 Å². The van der Waals surface area contributed by atoms with Gasteiger partial charge in [0.15, 0.2) is 6.10 Å². The van der Waals surface area contributed by atoms with E-state index in [4.69, 9.17) is 20.4 Å². The van der Waals surface area contributed by atoms with Crippen LogP contribution >= 0.6 is 0 Å². The maximum atomic E-state index is 10.8. The second kappa shape index (κ2) is 5.13. The summed E-state index contributed by atoms with van der Waals surface area (Å²) < 4.78 is 0. The van der Waals surface area contributed by atoms with E-state index in [-0.39, 0.29) is 0 Å². The first-order valence-electron chi connectivity index (χ1n) is 3.85. The molecule has 0 aliphatic carbocycles. The third-order valence-electron chi connectivity index (χ3n) is 1.68. The average molecular weight is 193 g/mol. The third kappa shape index (κ3) is 3.27. The summed E-state index contributed by atoms with van der Waals surface area (Å²) in [6, 6.07) is 0. The molecule has 0 aliphatic rings. The Hall–Kier alpha value is -0.690. The second-order valence-corrected chi connectivity index (χ2v) is 2.78. The minimum Gasteiger partial charge on any atom is -0.391 e. The van der Waals surface area contributed by atoms with Crippen molar-refractivity contribution in [2.45, 2.75) is 31.3 Å². The van der Waals surface area contributed by atoms with E-state index in [0.717, 1.165) is 0 Å². The van der Waals surface area contributed by atoms with Crippen molar-refractivity contribution in [2.24, 2.45) is 0 Å². The minimum absolute atomic E-state index is 0.813. The van der Waals surface area contributed by atoms with Gasteiger partial charge < -0.3 is 25.7 Å². The highest BCUT2D eigenvalue weighted by atomic mass is 16.4. The summed E-state index contributed by atoms with van der Waals surface area (Å²) in [6.45, 7) is 1.24. The van der Waals surface area contributed by atoms with Gasteiger partial charge >= 0.3 is 0 Å². The van der Waals surface area contributed by atoms with Gasteiger partial charge in [0.25, 0.3) is 5.91 Å². The molecule has 0 fully saturated rings. The fraction of sp³-hybridized carbons (Fsp3) is 0.857. The minimum atomic E-state index is -1.74. The lowest BCUT2D eigenvalue weighted by molar-refractivity contribution is -0.145. The van der Waals surface area contributed by atoms with Gasteiger partial charge in [-0.3, -0.25) is 4.79 Å². The van der Waals surface area contributed by atoms with Gasteiger partial charge in [0.2, 0.25) is 0 Å². The van der Waals surface area contributed by atoms with Crippen molar-refractivity contribution in [3.63, 3.8) is 0 Å². The Bertz CT molecular complexity index is 172. The number of aliphatic hydroxyl groups excluding tert-OH is 4. The Morgan fingerprint density at radius 3 is 1.92 bits per heavy atom. The molecular formula is C7H15NO5. The van der Waals surface area contributed by atoms with Crippen LogP contribution in [-0.2, 0) is 4.79 Å². The van der Waals surface area contributed by atoms with E-state index in [1.807, 2.05) is 0 Å². The van der Waals surface area contributed by atoms with Crippen LogP contribution in [-0.4, -0.2) is 57.8 Å². The summed E-state index contributed by atoms with van der Waals surface area (Å²) in [7, 11) is 1.28. The SMILES string of the molecule is CNC(=O)[C@@H](O)[C@H](O)[C@H](O)[C@H](C)O. The van der Waals surface area contributed by atoms with E-state index >= 15 is 0 Å². The van der Waals surface area contributed by atoms with Crippen molar-refractivity contribution in [2.75, 3.05) is 7.05 Å². The molecule has 0 unspecified atom stereocenters. The molecule has 0 radical (unpaired) electrons. The molecular weight excluding hydrogens is 178 g/mol. The summed E-state index contributed by atoms with van der Waals surface area (Å²) in [5.41, 5.74) is 0. The average Bonchev–Trinajstić information content (AvgIpc) is 2.12. The predicted molar refractivity (Wildman–Crippen MR) is 43.8 cm³/mol. The van der Waals surface area contributed by atoms with Crippen LogP contribution in [0.1, 0.15) is 6.92 Å². The standard InChI is InChI=1S/C7H15NO5/c1-3(9)4(10)5(11)6(12)7(13)8-2/h3-6,9-12H,1-2H3,(H,8,13)/t3-,4+,5+,6-/m0/s1. The lowest BCUT2D eigenvalue weighted by atomic mass is 10.0. The molecule has 0 aromatic carbocycles. The Labute approximate surface area is 75.8 Å². The van der Waals surface area contributed by atoms with Gasteiger partial charge in [0, 0.05) is 7.05 Å². The molecule has 0 saturated heterocycles. The number of likely N-dealkylation sites (N-methyl/N-ethyl adjacent to an activating group) is 1. The number of hydrogen-bond donors (Lipinski definition) is 5. The first kappa shape index (κ1) is 12.3. The highest BCUT2D eigenvalue weighted by molar-refractivity contribution is 5.80. The van der Waals surface area contributed by atoms with Crippen LogP contribution in [0.3, 0.4) is 0 Å². The molecule has 78 valence electrons. The molecule has 0 saturated carbocycles. The van der Waals surface area contributed by atoms with E-state index in [1.54, 1.807) is 0 Å². The van der Waals surface area contributed by atoms with Crippen LogP contribution in [0.4, 0.5) is 0 Å². The van der Waals surface area contributed by atoms with Gasteiger partial charge in [-0.25, -0.2) is 0 Å². The third-order valence-corrected chi connectivity index (χ3v) is 1.68. The normalized spacial score (nSPS) is 20.2. The molecule has 13 heavy (non-hydrogen) atoms. The number of hydrogen-bond acceptors (Lipinski definition) is 5. The zero-order chi connectivity index (χ0) is 10.6. The van der Waals surface area contributed by atoms with Crippen molar-refractivity contribution >= 4 is 5.91 Å². The van der Waals surface area contributed by atoms with E-state index < -0.39 is 30.3 Å². The fourth-order valence-corrected chi connectivity index (χ4v) is 0.775. The van der Waals surface area contributed by atoms with Gasteiger partial charge in [-0.05, 0) is 6.92 Å². The highest BCUT2D eigenvalue weighted by Gasteiger charge is 2.31. The molecule has 6 nitrogen and oxygen atoms in total. The molecule has 0 spiro atoms. The predicted octanol–water partition coefficient (Wildman–Crippen LogP) is -2.80. The number of amides is 1. The lowest BCUT2D eigenvalue weighted by Crippen LogP contribution is -2.49. The van der Waals surface area contributed by atoms with E-state index in [2.05, 4.69) is 5.32 Å². The number of rotatable bonds is 4. The van der Waals surface area contributed by atoms with Gasteiger partial charge in [0.05, 0.1) is 6.10 Å². The first-order chi connectivity index (χ1) is 5.91. The number of carbonyl (C=O) groups is 1. The largest absolute Gasteiger partial charge is 0.391 e. The Morgan fingerprint density at radius 1 is 1.15 bits per heavy atom. The van der Waals surface area contributed by atoms with Crippen LogP contribution in [0.5, 0.6) is 0 Å². The van der Waals surface area contributed by atoms with Crippen LogP contribution in [0.15, 0.2) is 0 Å². The number of nitrogens with one attached hydrogen (secondary N) is 1. The van der Waals surface area contributed by atoms with Crippen molar-refractivity contribution in [3.05, 3.63) is 0 Å². The molecule has 0 aromatic rings.